The van der Waals surface area contributed by atoms with E-state index in [-0.39, 0.29) is 0 Å². The van der Waals surface area contributed by atoms with Gasteiger partial charge in [-0.2, -0.15) is 0 Å². The van der Waals surface area contributed by atoms with Crippen molar-refractivity contribution in [3.05, 3.63) is 33.8 Å². The molecule has 0 saturated heterocycles. The van der Waals surface area contributed by atoms with Crippen molar-refractivity contribution >= 4 is 23.2 Å². The Morgan fingerprint density at radius 2 is 1.65 bits per heavy atom. The van der Waals surface area contributed by atoms with E-state index in [1.165, 1.54) is 5.56 Å². The minimum Gasteiger partial charge on any atom is -0.307 e. The molecular weight excluding hydrogens is 253 g/mol. The van der Waals surface area contributed by atoms with Crippen LogP contribution in [0.5, 0.6) is 0 Å². The van der Waals surface area contributed by atoms with Crippen LogP contribution in [-0.2, 0) is 0 Å². The third kappa shape index (κ3) is 4.17. The quantitative estimate of drug-likeness (QED) is 0.749. The summed E-state index contributed by atoms with van der Waals surface area (Å²) >= 11 is 12.0. The van der Waals surface area contributed by atoms with Crippen molar-refractivity contribution in [1.82, 2.24) is 5.32 Å². The lowest BCUT2D eigenvalue weighted by Gasteiger charge is -2.24. The summed E-state index contributed by atoms with van der Waals surface area (Å²) in [7, 11) is 0. The summed E-state index contributed by atoms with van der Waals surface area (Å²) in [6.45, 7) is 6.61. The lowest BCUT2D eigenvalue weighted by atomic mass is 10.0. The zero-order chi connectivity index (χ0) is 12.8. The smallest absolute Gasteiger partial charge is 0.0595 e. The summed E-state index contributed by atoms with van der Waals surface area (Å²) in [5.74, 6) is 0. The molecule has 0 aliphatic heterocycles. The van der Waals surface area contributed by atoms with E-state index in [1.54, 1.807) is 0 Å². The number of hydrogen-bond donors (Lipinski definition) is 1. The van der Waals surface area contributed by atoms with Gasteiger partial charge in [0.05, 0.1) is 10.0 Å². The summed E-state index contributed by atoms with van der Waals surface area (Å²) < 4.78 is 0. The molecule has 0 amide bonds. The molecule has 0 saturated carbocycles. The van der Waals surface area contributed by atoms with E-state index in [1.807, 2.05) is 12.1 Å². The molecule has 1 unspecified atom stereocenters. The molecule has 1 aromatic carbocycles. The number of rotatable bonds is 6. The fourth-order valence-electron chi connectivity index (χ4n) is 1.99. The highest BCUT2D eigenvalue weighted by Crippen LogP contribution is 2.27. The van der Waals surface area contributed by atoms with E-state index in [0.717, 1.165) is 19.3 Å². The number of nitrogens with one attached hydrogen (secondary N) is 1. The molecule has 0 aromatic heterocycles. The standard InChI is InChI=1S/C14H21Cl2N/c1-4-11(5-2)17-14(6-3)10-7-8-12(15)13(16)9-10/h7-9,11,14,17H,4-6H2,1-3H3. The van der Waals surface area contributed by atoms with Crippen LogP contribution in [0.3, 0.4) is 0 Å². The first-order valence-corrected chi connectivity index (χ1v) is 7.08. The molecule has 0 radical (unpaired) electrons. The summed E-state index contributed by atoms with van der Waals surface area (Å²) in [5.41, 5.74) is 1.22. The molecule has 1 nitrogen and oxygen atoms in total. The Bertz CT molecular complexity index is 348. The highest BCUT2D eigenvalue weighted by atomic mass is 35.5. The maximum Gasteiger partial charge on any atom is 0.0595 e. The minimum atomic E-state index is 0.356. The van der Waals surface area contributed by atoms with Crippen molar-refractivity contribution in [2.75, 3.05) is 0 Å². The van der Waals surface area contributed by atoms with E-state index in [0.29, 0.717) is 22.1 Å². The first-order valence-electron chi connectivity index (χ1n) is 6.33. The van der Waals surface area contributed by atoms with Gasteiger partial charge in [-0.1, -0.05) is 50.0 Å². The second kappa shape index (κ2) is 7.25. The third-order valence-corrected chi connectivity index (χ3v) is 3.92. The highest BCUT2D eigenvalue weighted by molar-refractivity contribution is 6.42. The van der Waals surface area contributed by atoms with Crippen LogP contribution in [0.25, 0.3) is 0 Å². The van der Waals surface area contributed by atoms with Crippen molar-refractivity contribution in [3.63, 3.8) is 0 Å². The zero-order valence-corrected chi connectivity index (χ0v) is 12.3. The van der Waals surface area contributed by atoms with E-state index >= 15 is 0 Å². The predicted molar refractivity (Wildman–Crippen MR) is 77.0 cm³/mol. The lowest BCUT2D eigenvalue weighted by Crippen LogP contribution is -2.31. The van der Waals surface area contributed by atoms with Gasteiger partial charge >= 0.3 is 0 Å². The highest BCUT2D eigenvalue weighted by Gasteiger charge is 2.14. The van der Waals surface area contributed by atoms with Crippen molar-refractivity contribution in [3.8, 4) is 0 Å². The third-order valence-electron chi connectivity index (χ3n) is 3.18. The first-order chi connectivity index (χ1) is 8.12. The topological polar surface area (TPSA) is 12.0 Å². The van der Waals surface area contributed by atoms with Crippen LogP contribution >= 0.6 is 23.2 Å². The zero-order valence-electron chi connectivity index (χ0n) is 10.8. The largest absolute Gasteiger partial charge is 0.307 e. The van der Waals surface area contributed by atoms with Gasteiger partial charge in [0.25, 0.3) is 0 Å². The Balaban J connectivity index is 2.82. The Hall–Kier alpha value is -0.240. The summed E-state index contributed by atoms with van der Waals surface area (Å²) in [4.78, 5) is 0. The molecule has 0 spiro atoms. The van der Waals surface area contributed by atoms with Crippen LogP contribution in [0, 0.1) is 0 Å². The second-order valence-corrected chi connectivity index (χ2v) is 5.13. The van der Waals surface area contributed by atoms with E-state index in [2.05, 4.69) is 32.2 Å². The van der Waals surface area contributed by atoms with E-state index in [9.17, 15) is 0 Å². The second-order valence-electron chi connectivity index (χ2n) is 4.31. The van der Waals surface area contributed by atoms with Gasteiger partial charge in [-0.15, -0.1) is 0 Å². The molecule has 3 heteroatoms. The van der Waals surface area contributed by atoms with Crippen molar-refractivity contribution in [2.24, 2.45) is 0 Å². The van der Waals surface area contributed by atoms with Crippen LogP contribution in [0.1, 0.15) is 51.6 Å². The Morgan fingerprint density at radius 1 is 1.00 bits per heavy atom. The average Bonchev–Trinajstić information content (AvgIpc) is 2.35. The molecule has 1 aromatic rings. The van der Waals surface area contributed by atoms with Crippen LogP contribution in [0.2, 0.25) is 10.0 Å². The van der Waals surface area contributed by atoms with Gasteiger partial charge in [0, 0.05) is 12.1 Å². The van der Waals surface area contributed by atoms with Crippen LogP contribution in [0.4, 0.5) is 0 Å². The van der Waals surface area contributed by atoms with Gasteiger partial charge in [-0.05, 0) is 37.0 Å². The Kier molecular flexibility index (Phi) is 6.32. The van der Waals surface area contributed by atoms with Crippen LogP contribution in [-0.4, -0.2) is 6.04 Å². The summed E-state index contributed by atoms with van der Waals surface area (Å²) in [6, 6.07) is 6.81. The van der Waals surface area contributed by atoms with E-state index < -0.39 is 0 Å². The molecule has 0 heterocycles. The van der Waals surface area contributed by atoms with Gasteiger partial charge < -0.3 is 5.32 Å². The molecule has 0 fully saturated rings. The number of benzene rings is 1. The van der Waals surface area contributed by atoms with Gasteiger partial charge in [-0.3, -0.25) is 0 Å². The molecule has 1 atom stereocenters. The Labute approximate surface area is 115 Å². The van der Waals surface area contributed by atoms with Gasteiger partial charge in [0.1, 0.15) is 0 Å². The Morgan fingerprint density at radius 3 is 2.12 bits per heavy atom. The van der Waals surface area contributed by atoms with Crippen LogP contribution in [0.15, 0.2) is 18.2 Å². The molecule has 96 valence electrons. The maximum absolute atomic E-state index is 6.06. The summed E-state index contributed by atoms with van der Waals surface area (Å²) in [6.07, 6.45) is 3.34. The predicted octanol–water partition coefficient (Wildman–Crippen LogP) is 5.22. The fraction of sp³-hybridized carbons (Fsp3) is 0.571. The first kappa shape index (κ1) is 14.8. The van der Waals surface area contributed by atoms with Crippen LogP contribution < -0.4 is 5.32 Å². The minimum absolute atomic E-state index is 0.356. The SMILES string of the molecule is CCC(CC)NC(CC)c1ccc(Cl)c(Cl)c1. The maximum atomic E-state index is 6.06. The molecule has 1 rings (SSSR count). The molecule has 0 bridgehead atoms. The lowest BCUT2D eigenvalue weighted by molar-refractivity contribution is 0.407. The van der Waals surface area contributed by atoms with Gasteiger partial charge in [-0.25, -0.2) is 0 Å². The number of halogens is 2. The molecular formula is C14H21Cl2N. The summed E-state index contributed by atoms with van der Waals surface area (Å²) in [5, 5.41) is 4.92. The normalized spacial score (nSPS) is 13.1. The molecule has 0 aliphatic carbocycles. The van der Waals surface area contributed by atoms with Crippen molar-refractivity contribution in [2.45, 2.75) is 52.1 Å². The molecule has 17 heavy (non-hydrogen) atoms. The molecule has 0 aliphatic rings. The average molecular weight is 274 g/mol. The molecule has 1 N–H and O–H groups in total. The monoisotopic (exact) mass is 273 g/mol. The van der Waals surface area contributed by atoms with E-state index in [4.69, 9.17) is 23.2 Å². The van der Waals surface area contributed by atoms with Crippen molar-refractivity contribution < 1.29 is 0 Å². The van der Waals surface area contributed by atoms with Gasteiger partial charge in [0.2, 0.25) is 0 Å². The van der Waals surface area contributed by atoms with Gasteiger partial charge in [0.15, 0.2) is 0 Å². The number of hydrogen-bond acceptors (Lipinski definition) is 1. The van der Waals surface area contributed by atoms with Crippen molar-refractivity contribution in [1.29, 1.82) is 0 Å². The fourth-order valence-corrected chi connectivity index (χ4v) is 2.29.